The van der Waals surface area contributed by atoms with Crippen LogP contribution in [-0.4, -0.2) is 28.5 Å². The first-order valence-corrected chi connectivity index (χ1v) is 6.16. The Balaban J connectivity index is 1.75. The zero-order chi connectivity index (χ0) is 11.8. The minimum Gasteiger partial charge on any atom is -0.365 e. The average Bonchev–Trinajstić information content (AvgIpc) is 3.03. The third-order valence-electron chi connectivity index (χ3n) is 2.98. The van der Waals surface area contributed by atoms with Crippen molar-refractivity contribution < 1.29 is 4.79 Å². The van der Waals surface area contributed by atoms with Crippen LogP contribution in [0.15, 0.2) is 6.07 Å². The molecule has 0 bridgehead atoms. The van der Waals surface area contributed by atoms with Gasteiger partial charge in [0.05, 0.1) is 6.04 Å². The second-order valence-electron chi connectivity index (χ2n) is 4.56. The van der Waals surface area contributed by atoms with Crippen LogP contribution in [0.3, 0.4) is 0 Å². The van der Waals surface area contributed by atoms with Crippen molar-refractivity contribution in [1.82, 2.24) is 15.3 Å². The molecule has 1 aliphatic heterocycles. The Hall–Kier alpha value is -1.36. The van der Waals surface area contributed by atoms with Crippen molar-refractivity contribution in [2.75, 3.05) is 11.9 Å². The highest BCUT2D eigenvalue weighted by Gasteiger charge is 2.28. The molecule has 90 valence electrons. The molecule has 3 rings (SSSR count). The van der Waals surface area contributed by atoms with Crippen LogP contribution < -0.4 is 10.6 Å². The summed E-state index contributed by atoms with van der Waals surface area (Å²) >= 11 is 5.96. The highest BCUT2D eigenvalue weighted by Crippen LogP contribution is 2.38. The molecule has 1 saturated carbocycles. The van der Waals surface area contributed by atoms with Crippen LogP contribution >= 0.6 is 11.6 Å². The Bertz CT molecular complexity index is 461. The minimum absolute atomic E-state index is 0.0741. The summed E-state index contributed by atoms with van der Waals surface area (Å²) in [5.74, 6) is 2.08. The average molecular weight is 253 g/mol. The smallest absolute Gasteiger partial charge is 0.222 e. The third kappa shape index (κ3) is 2.49. The molecule has 0 radical (unpaired) electrons. The SMILES string of the molecule is O=C1CC(Nc2cc(Cl)nc(C3CC3)n2)CN1. The molecule has 1 saturated heterocycles. The molecule has 0 spiro atoms. The Kier molecular flexibility index (Phi) is 2.63. The van der Waals surface area contributed by atoms with Crippen LogP contribution in [0.1, 0.15) is 31.0 Å². The van der Waals surface area contributed by atoms with Gasteiger partial charge in [0.25, 0.3) is 0 Å². The largest absolute Gasteiger partial charge is 0.365 e. The zero-order valence-electron chi connectivity index (χ0n) is 9.24. The monoisotopic (exact) mass is 252 g/mol. The van der Waals surface area contributed by atoms with E-state index in [0.29, 0.717) is 29.9 Å². The Labute approximate surface area is 104 Å². The molecule has 2 fully saturated rings. The van der Waals surface area contributed by atoms with Crippen LogP contribution in [-0.2, 0) is 4.79 Å². The van der Waals surface area contributed by atoms with Crippen molar-refractivity contribution in [3.63, 3.8) is 0 Å². The number of carbonyl (C=O) groups is 1. The second kappa shape index (κ2) is 4.14. The molecular formula is C11H13ClN4O. The van der Waals surface area contributed by atoms with E-state index in [0.717, 1.165) is 18.7 Å². The lowest BCUT2D eigenvalue weighted by Gasteiger charge is -2.12. The number of nitrogens with zero attached hydrogens (tertiary/aromatic N) is 2. The molecule has 2 heterocycles. The maximum atomic E-state index is 11.1. The number of anilines is 1. The fourth-order valence-electron chi connectivity index (χ4n) is 1.95. The van der Waals surface area contributed by atoms with Crippen molar-refractivity contribution >= 4 is 23.3 Å². The lowest BCUT2D eigenvalue weighted by molar-refractivity contribution is -0.119. The summed E-state index contributed by atoms with van der Waals surface area (Å²) in [6.07, 6.45) is 2.77. The number of amides is 1. The first-order chi connectivity index (χ1) is 8.20. The molecule has 0 aromatic carbocycles. The van der Waals surface area contributed by atoms with Gasteiger partial charge in [0.2, 0.25) is 5.91 Å². The molecule has 6 heteroatoms. The number of hydrogen-bond acceptors (Lipinski definition) is 4. The van der Waals surface area contributed by atoms with Crippen molar-refractivity contribution in [2.24, 2.45) is 0 Å². The highest BCUT2D eigenvalue weighted by molar-refractivity contribution is 6.29. The summed E-state index contributed by atoms with van der Waals surface area (Å²) < 4.78 is 0. The fraction of sp³-hybridized carbons (Fsp3) is 0.545. The maximum absolute atomic E-state index is 11.1. The van der Waals surface area contributed by atoms with E-state index < -0.39 is 0 Å². The van der Waals surface area contributed by atoms with Gasteiger partial charge >= 0.3 is 0 Å². The van der Waals surface area contributed by atoms with E-state index in [1.165, 1.54) is 0 Å². The molecule has 2 aliphatic rings. The van der Waals surface area contributed by atoms with Gasteiger partial charge in [-0.2, -0.15) is 0 Å². The van der Waals surface area contributed by atoms with Gasteiger partial charge in [0.15, 0.2) is 0 Å². The molecule has 1 atom stereocenters. The predicted octanol–water partition coefficient (Wildman–Crippen LogP) is 1.31. The summed E-state index contributed by atoms with van der Waals surface area (Å²) in [6, 6.07) is 1.80. The van der Waals surface area contributed by atoms with Crippen molar-refractivity contribution in [3.8, 4) is 0 Å². The molecular weight excluding hydrogens is 240 g/mol. The number of carbonyl (C=O) groups excluding carboxylic acids is 1. The maximum Gasteiger partial charge on any atom is 0.222 e. The lowest BCUT2D eigenvalue weighted by atomic mass is 10.2. The fourth-order valence-corrected chi connectivity index (χ4v) is 2.14. The van der Waals surface area contributed by atoms with Crippen molar-refractivity contribution in [3.05, 3.63) is 17.0 Å². The Morgan fingerprint density at radius 2 is 2.24 bits per heavy atom. The topological polar surface area (TPSA) is 66.9 Å². The van der Waals surface area contributed by atoms with E-state index in [1.54, 1.807) is 6.07 Å². The summed E-state index contributed by atoms with van der Waals surface area (Å²) in [7, 11) is 0. The van der Waals surface area contributed by atoms with Gasteiger partial charge < -0.3 is 10.6 Å². The first-order valence-electron chi connectivity index (χ1n) is 5.78. The second-order valence-corrected chi connectivity index (χ2v) is 4.95. The van der Waals surface area contributed by atoms with Crippen LogP contribution in [0.4, 0.5) is 5.82 Å². The standard InChI is InChI=1S/C11H13ClN4O/c12-8-4-9(14-7-3-10(17)13-5-7)16-11(15-8)6-1-2-6/h4,6-7H,1-3,5H2,(H,13,17)(H,14,15,16). The summed E-state index contributed by atoms with van der Waals surface area (Å²) in [6.45, 7) is 0.638. The molecule has 1 amide bonds. The van der Waals surface area contributed by atoms with E-state index >= 15 is 0 Å². The van der Waals surface area contributed by atoms with Gasteiger partial charge in [-0.15, -0.1) is 0 Å². The number of nitrogens with one attached hydrogen (secondary N) is 2. The predicted molar refractivity (Wildman–Crippen MR) is 64.1 cm³/mol. The molecule has 2 N–H and O–H groups in total. The van der Waals surface area contributed by atoms with Crippen molar-refractivity contribution in [1.29, 1.82) is 0 Å². The van der Waals surface area contributed by atoms with Crippen LogP contribution in [0, 0.1) is 0 Å². The van der Waals surface area contributed by atoms with E-state index in [1.807, 2.05) is 0 Å². The highest BCUT2D eigenvalue weighted by atomic mass is 35.5. The van der Waals surface area contributed by atoms with E-state index in [4.69, 9.17) is 11.6 Å². The van der Waals surface area contributed by atoms with Gasteiger partial charge in [-0.05, 0) is 12.8 Å². The summed E-state index contributed by atoms with van der Waals surface area (Å²) in [5.41, 5.74) is 0. The van der Waals surface area contributed by atoms with Crippen LogP contribution in [0.5, 0.6) is 0 Å². The van der Waals surface area contributed by atoms with E-state index in [-0.39, 0.29) is 11.9 Å². The Morgan fingerprint density at radius 3 is 2.88 bits per heavy atom. The number of aromatic nitrogens is 2. The van der Waals surface area contributed by atoms with Gasteiger partial charge in [-0.1, -0.05) is 11.6 Å². The summed E-state index contributed by atoms with van der Waals surface area (Å²) in [4.78, 5) is 19.7. The molecule has 1 unspecified atom stereocenters. The molecule has 5 nitrogen and oxygen atoms in total. The molecule has 1 aromatic heterocycles. The minimum atomic E-state index is 0.0741. The lowest BCUT2D eigenvalue weighted by Crippen LogP contribution is -2.23. The van der Waals surface area contributed by atoms with Crippen molar-refractivity contribution in [2.45, 2.75) is 31.2 Å². The number of rotatable bonds is 3. The number of halogens is 1. The zero-order valence-corrected chi connectivity index (χ0v) is 10.00. The molecule has 1 aromatic rings. The molecule has 1 aliphatic carbocycles. The van der Waals surface area contributed by atoms with Crippen LogP contribution in [0.25, 0.3) is 0 Å². The summed E-state index contributed by atoms with van der Waals surface area (Å²) in [5, 5.41) is 6.45. The van der Waals surface area contributed by atoms with Gasteiger partial charge in [-0.3, -0.25) is 4.79 Å². The van der Waals surface area contributed by atoms with E-state index in [9.17, 15) is 4.79 Å². The van der Waals surface area contributed by atoms with Gasteiger partial charge in [0.1, 0.15) is 16.8 Å². The van der Waals surface area contributed by atoms with Crippen LogP contribution in [0.2, 0.25) is 5.15 Å². The normalized spacial score (nSPS) is 23.6. The van der Waals surface area contributed by atoms with Gasteiger partial charge in [0, 0.05) is 24.9 Å². The first kappa shape index (κ1) is 10.8. The number of hydrogen-bond donors (Lipinski definition) is 2. The quantitative estimate of drug-likeness (QED) is 0.796. The molecule has 17 heavy (non-hydrogen) atoms. The Morgan fingerprint density at radius 1 is 1.41 bits per heavy atom. The van der Waals surface area contributed by atoms with E-state index in [2.05, 4.69) is 20.6 Å². The van der Waals surface area contributed by atoms with Gasteiger partial charge in [-0.25, -0.2) is 9.97 Å². The third-order valence-corrected chi connectivity index (χ3v) is 3.18.